The highest BCUT2D eigenvalue weighted by Crippen LogP contribution is 2.24. The lowest BCUT2D eigenvalue weighted by molar-refractivity contribution is -0.385. The number of hydrogen-bond acceptors (Lipinski definition) is 5. The molecule has 0 bridgehead atoms. The van der Waals surface area contributed by atoms with Crippen molar-refractivity contribution in [2.75, 3.05) is 0 Å². The fraction of sp³-hybridized carbons (Fsp3) is 0.200. The van der Waals surface area contributed by atoms with E-state index in [1.807, 2.05) is 0 Å². The van der Waals surface area contributed by atoms with Gasteiger partial charge in [0.25, 0.3) is 5.69 Å². The first-order valence-electron chi connectivity index (χ1n) is 4.97. The third kappa shape index (κ3) is 2.05. The average molecular weight is 252 g/mol. The van der Waals surface area contributed by atoms with Gasteiger partial charge >= 0.3 is 0 Å². The van der Waals surface area contributed by atoms with Crippen molar-refractivity contribution in [3.63, 3.8) is 0 Å². The molecule has 0 fully saturated rings. The van der Waals surface area contributed by atoms with Gasteiger partial charge in [-0.15, -0.1) is 10.2 Å². The van der Waals surface area contributed by atoms with Gasteiger partial charge in [-0.2, -0.15) is 0 Å². The molecule has 0 atom stereocenters. The first-order chi connectivity index (χ1) is 8.52. The number of aliphatic hydroxyl groups excluding tert-OH is 1. The zero-order valence-corrected chi connectivity index (χ0v) is 9.37. The minimum absolute atomic E-state index is 0.233. The van der Waals surface area contributed by atoms with E-state index in [2.05, 4.69) is 10.2 Å². The Morgan fingerprint density at radius 1 is 1.44 bits per heavy atom. The van der Waals surface area contributed by atoms with Crippen LogP contribution in [0.1, 0.15) is 5.82 Å². The first kappa shape index (κ1) is 12.1. The van der Waals surface area contributed by atoms with E-state index in [1.165, 1.54) is 10.6 Å². The van der Waals surface area contributed by atoms with Crippen molar-refractivity contribution in [1.82, 2.24) is 14.8 Å². The summed E-state index contributed by atoms with van der Waals surface area (Å²) in [6.45, 7) is -0.319. The van der Waals surface area contributed by atoms with Crippen molar-refractivity contribution in [1.29, 1.82) is 0 Å². The number of aliphatic hydroxyl groups is 1. The summed E-state index contributed by atoms with van der Waals surface area (Å²) in [5.41, 5.74) is -0.130. The molecule has 2 rings (SSSR count). The van der Waals surface area contributed by atoms with E-state index in [9.17, 15) is 14.5 Å². The Balaban J connectivity index is 2.56. The van der Waals surface area contributed by atoms with Gasteiger partial charge in [0.05, 0.1) is 11.0 Å². The van der Waals surface area contributed by atoms with Crippen LogP contribution in [-0.2, 0) is 13.7 Å². The monoisotopic (exact) mass is 252 g/mol. The molecule has 1 aromatic heterocycles. The molecule has 0 amide bonds. The van der Waals surface area contributed by atoms with Crippen LogP contribution in [0.5, 0.6) is 0 Å². The van der Waals surface area contributed by atoms with Gasteiger partial charge in [0.1, 0.15) is 12.4 Å². The third-order valence-electron chi connectivity index (χ3n) is 2.46. The molecule has 1 aromatic carbocycles. The standard InChI is InChI=1S/C10H9FN4O3/c1-14-9(5-16)12-13-10(14)6-2-7(11)4-8(3-6)15(17)18/h2-4,16H,5H2,1H3. The summed E-state index contributed by atoms with van der Waals surface area (Å²) in [5.74, 6) is -0.189. The molecule has 1 heterocycles. The van der Waals surface area contributed by atoms with Crippen molar-refractivity contribution in [3.05, 3.63) is 40.0 Å². The summed E-state index contributed by atoms with van der Waals surface area (Å²) in [5, 5.41) is 27.1. The van der Waals surface area contributed by atoms with E-state index in [-0.39, 0.29) is 29.5 Å². The molecule has 7 nitrogen and oxygen atoms in total. The number of benzene rings is 1. The van der Waals surface area contributed by atoms with Crippen LogP contribution >= 0.6 is 0 Å². The number of halogens is 1. The highest BCUT2D eigenvalue weighted by atomic mass is 19.1. The largest absolute Gasteiger partial charge is 0.388 e. The summed E-state index contributed by atoms with van der Waals surface area (Å²) in [4.78, 5) is 9.95. The molecule has 8 heteroatoms. The van der Waals surface area contributed by atoms with Gasteiger partial charge in [0.15, 0.2) is 11.6 Å². The van der Waals surface area contributed by atoms with Gasteiger partial charge in [-0.05, 0) is 6.07 Å². The summed E-state index contributed by atoms with van der Waals surface area (Å²) < 4.78 is 14.7. The van der Waals surface area contributed by atoms with E-state index in [0.29, 0.717) is 0 Å². The third-order valence-corrected chi connectivity index (χ3v) is 2.46. The van der Waals surface area contributed by atoms with Gasteiger partial charge < -0.3 is 9.67 Å². The zero-order chi connectivity index (χ0) is 13.3. The van der Waals surface area contributed by atoms with E-state index in [1.54, 1.807) is 7.05 Å². The van der Waals surface area contributed by atoms with Crippen molar-refractivity contribution in [2.24, 2.45) is 7.05 Å². The summed E-state index contributed by atoms with van der Waals surface area (Å²) in [6.07, 6.45) is 0. The number of hydrogen-bond donors (Lipinski definition) is 1. The normalized spacial score (nSPS) is 10.6. The van der Waals surface area contributed by atoms with Crippen LogP contribution in [0, 0.1) is 15.9 Å². The molecule has 94 valence electrons. The van der Waals surface area contributed by atoms with Gasteiger partial charge in [-0.1, -0.05) is 0 Å². The van der Waals surface area contributed by atoms with E-state index >= 15 is 0 Å². The van der Waals surface area contributed by atoms with Crippen LogP contribution in [0.2, 0.25) is 0 Å². The van der Waals surface area contributed by atoms with Crippen LogP contribution in [-0.4, -0.2) is 24.8 Å². The molecule has 0 aliphatic carbocycles. The van der Waals surface area contributed by atoms with Gasteiger partial charge in [0, 0.05) is 18.7 Å². The molecule has 0 unspecified atom stereocenters. The van der Waals surface area contributed by atoms with Gasteiger partial charge in [0.2, 0.25) is 0 Å². The average Bonchev–Trinajstić information content (AvgIpc) is 2.69. The highest BCUT2D eigenvalue weighted by molar-refractivity contribution is 5.59. The molecule has 0 saturated carbocycles. The second kappa shape index (κ2) is 4.49. The molecule has 18 heavy (non-hydrogen) atoms. The minimum atomic E-state index is -0.729. The van der Waals surface area contributed by atoms with E-state index in [0.717, 1.165) is 12.1 Å². The second-order valence-corrected chi connectivity index (χ2v) is 3.61. The molecule has 0 aliphatic heterocycles. The molecule has 0 spiro atoms. The van der Waals surface area contributed by atoms with Crippen LogP contribution in [0.3, 0.4) is 0 Å². The number of aromatic nitrogens is 3. The molecule has 0 saturated heterocycles. The molecule has 0 aliphatic rings. The highest BCUT2D eigenvalue weighted by Gasteiger charge is 2.15. The van der Waals surface area contributed by atoms with Gasteiger partial charge in [-0.25, -0.2) is 4.39 Å². The number of rotatable bonds is 3. The Kier molecular flexibility index (Phi) is 3.02. The maximum Gasteiger partial charge on any atom is 0.273 e. The molecule has 2 aromatic rings. The summed E-state index contributed by atoms with van der Waals surface area (Å²) in [6, 6.07) is 3.15. The Morgan fingerprint density at radius 2 is 2.17 bits per heavy atom. The quantitative estimate of drug-likeness (QED) is 0.650. The topological polar surface area (TPSA) is 94.1 Å². The zero-order valence-electron chi connectivity index (χ0n) is 9.37. The van der Waals surface area contributed by atoms with Crippen molar-refractivity contribution in [3.8, 4) is 11.4 Å². The second-order valence-electron chi connectivity index (χ2n) is 3.61. The van der Waals surface area contributed by atoms with Crippen molar-refractivity contribution in [2.45, 2.75) is 6.61 Å². The molecular weight excluding hydrogens is 243 g/mol. The number of nitrogens with zero attached hydrogens (tertiary/aromatic N) is 4. The van der Waals surface area contributed by atoms with Gasteiger partial charge in [-0.3, -0.25) is 10.1 Å². The fourth-order valence-corrected chi connectivity index (χ4v) is 1.56. The van der Waals surface area contributed by atoms with Crippen molar-refractivity contribution >= 4 is 5.69 Å². The number of nitro groups is 1. The smallest absolute Gasteiger partial charge is 0.273 e. The molecule has 0 radical (unpaired) electrons. The number of nitro benzene ring substituents is 1. The number of non-ortho nitro benzene ring substituents is 1. The van der Waals surface area contributed by atoms with Crippen LogP contribution < -0.4 is 0 Å². The lowest BCUT2D eigenvalue weighted by atomic mass is 10.2. The SMILES string of the molecule is Cn1c(CO)nnc1-c1cc(F)cc([N+](=O)[O-])c1. The van der Waals surface area contributed by atoms with E-state index < -0.39 is 10.7 Å². The lowest BCUT2D eigenvalue weighted by Gasteiger charge is -2.02. The Morgan fingerprint density at radius 3 is 2.72 bits per heavy atom. The van der Waals surface area contributed by atoms with Crippen LogP contribution in [0.15, 0.2) is 18.2 Å². The fourth-order valence-electron chi connectivity index (χ4n) is 1.56. The molecular formula is C10H9FN4O3. The Labute approximate surface area is 101 Å². The predicted molar refractivity (Wildman–Crippen MR) is 59.0 cm³/mol. The first-order valence-corrected chi connectivity index (χ1v) is 4.97. The Bertz CT molecular complexity index is 611. The van der Waals surface area contributed by atoms with E-state index in [4.69, 9.17) is 5.11 Å². The minimum Gasteiger partial charge on any atom is -0.388 e. The Hall–Kier alpha value is -2.35. The maximum absolute atomic E-state index is 13.3. The molecule has 1 N–H and O–H groups in total. The van der Waals surface area contributed by atoms with Crippen LogP contribution in [0.25, 0.3) is 11.4 Å². The van der Waals surface area contributed by atoms with Crippen LogP contribution in [0.4, 0.5) is 10.1 Å². The summed E-state index contributed by atoms with van der Waals surface area (Å²) >= 11 is 0. The van der Waals surface area contributed by atoms with Crippen molar-refractivity contribution < 1.29 is 14.4 Å². The lowest BCUT2D eigenvalue weighted by Crippen LogP contribution is -2.00. The maximum atomic E-state index is 13.3. The predicted octanol–water partition coefficient (Wildman–Crippen LogP) is 1.02. The summed E-state index contributed by atoms with van der Waals surface area (Å²) in [7, 11) is 1.58.